The van der Waals surface area contributed by atoms with Gasteiger partial charge < -0.3 is 14.2 Å². The third-order valence-electron chi connectivity index (χ3n) is 4.75. The van der Waals surface area contributed by atoms with Crippen molar-refractivity contribution in [1.29, 1.82) is 0 Å². The third kappa shape index (κ3) is 4.38. The first-order chi connectivity index (χ1) is 13.1. The number of hydrogen-bond donors (Lipinski definition) is 0. The SMILES string of the molecule is COc1ccc(N2CCN(P3(=O)OCCCN3N(CCCl)N=O)CC2)cc1. The first-order valence-corrected chi connectivity index (χ1v) is 11.0. The van der Waals surface area contributed by atoms with Gasteiger partial charge in [-0.25, -0.2) is 4.67 Å². The van der Waals surface area contributed by atoms with Crippen molar-refractivity contribution < 1.29 is 13.8 Å². The highest BCUT2D eigenvalue weighted by Gasteiger charge is 2.45. The van der Waals surface area contributed by atoms with Gasteiger partial charge in [0.25, 0.3) is 0 Å². The van der Waals surface area contributed by atoms with Crippen LogP contribution < -0.4 is 9.64 Å². The summed E-state index contributed by atoms with van der Waals surface area (Å²) in [5.74, 6) is 1.03. The number of hydrogen-bond acceptors (Lipinski definition) is 6. The quantitative estimate of drug-likeness (QED) is 0.290. The Bertz CT molecular complexity index is 671. The molecule has 1 aromatic rings. The minimum absolute atomic E-state index is 0.199. The first-order valence-electron chi connectivity index (χ1n) is 8.96. The highest BCUT2D eigenvalue weighted by atomic mass is 35.5. The van der Waals surface area contributed by atoms with E-state index in [-0.39, 0.29) is 12.4 Å². The lowest BCUT2D eigenvalue weighted by Crippen LogP contribution is -2.51. The zero-order valence-corrected chi connectivity index (χ0v) is 17.0. The van der Waals surface area contributed by atoms with E-state index in [2.05, 4.69) is 10.2 Å². The Hall–Kier alpha value is -1.38. The summed E-state index contributed by atoms with van der Waals surface area (Å²) < 4.78 is 27.8. The van der Waals surface area contributed by atoms with Crippen LogP contribution in [0.25, 0.3) is 0 Å². The zero-order chi connectivity index (χ0) is 19.3. The average Bonchev–Trinajstić information content (AvgIpc) is 2.73. The van der Waals surface area contributed by atoms with Crippen LogP contribution in [0.5, 0.6) is 5.75 Å². The second kappa shape index (κ2) is 9.21. The van der Waals surface area contributed by atoms with Gasteiger partial charge in [0, 0.05) is 44.3 Å². The minimum Gasteiger partial charge on any atom is -0.497 e. The third-order valence-corrected chi connectivity index (χ3v) is 7.54. The molecular weight excluding hydrogens is 393 g/mol. The summed E-state index contributed by atoms with van der Waals surface area (Å²) in [5.41, 5.74) is 1.09. The molecule has 0 N–H and O–H groups in total. The Morgan fingerprint density at radius 3 is 2.52 bits per heavy atom. The van der Waals surface area contributed by atoms with E-state index in [1.54, 1.807) is 7.11 Å². The van der Waals surface area contributed by atoms with Crippen molar-refractivity contribution in [1.82, 2.24) is 14.6 Å². The number of nitrogens with zero attached hydrogens (tertiary/aromatic N) is 5. The van der Waals surface area contributed by atoms with Crippen molar-refractivity contribution in [2.75, 3.05) is 63.8 Å². The predicted octanol–water partition coefficient (Wildman–Crippen LogP) is 2.78. The molecular formula is C16H25ClN5O4P. The second-order valence-corrected chi connectivity index (χ2v) is 8.92. The van der Waals surface area contributed by atoms with Gasteiger partial charge in [-0.1, -0.05) is 0 Å². The maximum Gasteiger partial charge on any atom is 0.365 e. The van der Waals surface area contributed by atoms with Crippen LogP contribution >= 0.6 is 19.3 Å². The van der Waals surface area contributed by atoms with Crippen LogP contribution in [0.1, 0.15) is 6.42 Å². The van der Waals surface area contributed by atoms with E-state index < -0.39 is 7.67 Å². The van der Waals surface area contributed by atoms with E-state index in [0.717, 1.165) is 16.6 Å². The van der Waals surface area contributed by atoms with Crippen molar-refractivity contribution in [2.45, 2.75) is 6.42 Å². The Morgan fingerprint density at radius 1 is 1.22 bits per heavy atom. The molecule has 0 aromatic heterocycles. The molecule has 0 saturated carbocycles. The van der Waals surface area contributed by atoms with E-state index >= 15 is 0 Å². The number of nitroso groups, excluding NO2 is 1. The normalized spacial score (nSPS) is 24.6. The number of piperazine rings is 1. The molecule has 27 heavy (non-hydrogen) atoms. The van der Waals surface area contributed by atoms with Gasteiger partial charge >= 0.3 is 7.67 Å². The Labute approximate surface area is 164 Å². The van der Waals surface area contributed by atoms with Gasteiger partial charge in [0.15, 0.2) is 0 Å². The smallest absolute Gasteiger partial charge is 0.365 e. The summed E-state index contributed by atoms with van der Waals surface area (Å²) in [7, 11) is -1.70. The summed E-state index contributed by atoms with van der Waals surface area (Å²) >= 11 is 5.75. The summed E-state index contributed by atoms with van der Waals surface area (Å²) in [4.78, 5) is 13.4. The molecule has 0 aliphatic carbocycles. The maximum absolute atomic E-state index is 13.6. The van der Waals surface area contributed by atoms with E-state index in [4.69, 9.17) is 20.9 Å². The molecule has 150 valence electrons. The van der Waals surface area contributed by atoms with E-state index in [1.165, 1.54) is 4.78 Å². The number of ether oxygens (including phenoxy) is 1. The fraction of sp³-hybridized carbons (Fsp3) is 0.625. The van der Waals surface area contributed by atoms with Crippen LogP contribution in [0.3, 0.4) is 0 Å². The van der Waals surface area contributed by atoms with Gasteiger partial charge in [-0.15, -0.1) is 21.3 Å². The van der Waals surface area contributed by atoms with Crippen LogP contribution in [0.4, 0.5) is 5.69 Å². The number of hydrazine groups is 1. The molecule has 2 heterocycles. The van der Waals surface area contributed by atoms with E-state index in [1.807, 2.05) is 28.9 Å². The van der Waals surface area contributed by atoms with Crippen LogP contribution in [0, 0.1) is 4.91 Å². The first kappa shape index (κ1) is 20.4. The zero-order valence-electron chi connectivity index (χ0n) is 15.4. The van der Waals surface area contributed by atoms with Crippen molar-refractivity contribution in [3.8, 4) is 5.75 Å². The summed E-state index contributed by atoms with van der Waals surface area (Å²) in [6.07, 6.45) is 0.685. The number of rotatable bonds is 7. The molecule has 9 nitrogen and oxygen atoms in total. The molecule has 2 aliphatic rings. The molecule has 0 radical (unpaired) electrons. The average molecular weight is 418 g/mol. The lowest BCUT2D eigenvalue weighted by atomic mass is 10.2. The molecule has 1 aromatic carbocycles. The van der Waals surface area contributed by atoms with Gasteiger partial charge in [0.2, 0.25) is 0 Å². The summed E-state index contributed by atoms with van der Waals surface area (Å²) in [6, 6.07) is 7.88. The van der Waals surface area contributed by atoms with Crippen molar-refractivity contribution in [3.05, 3.63) is 29.2 Å². The van der Waals surface area contributed by atoms with Crippen molar-refractivity contribution in [2.24, 2.45) is 5.29 Å². The number of methoxy groups -OCH3 is 1. The fourth-order valence-electron chi connectivity index (χ4n) is 3.33. The van der Waals surface area contributed by atoms with Gasteiger partial charge in [0.05, 0.1) is 25.5 Å². The molecule has 3 rings (SSSR count). The monoisotopic (exact) mass is 417 g/mol. The molecule has 1 unspecified atom stereocenters. The topological polar surface area (TPSA) is 77.9 Å². The largest absolute Gasteiger partial charge is 0.497 e. The predicted molar refractivity (Wildman–Crippen MR) is 105 cm³/mol. The van der Waals surface area contributed by atoms with Crippen molar-refractivity contribution in [3.63, 3.8) is 0 Å². The highest BCUT2D eigenvalue weighted by molar-refractivity contribution is 7.53. The van der Waals surface area contributed by atoms with Gasteiger partial charge in [-0.3, -0.25) is 4.57 Å². The van der Waals surface area contributed by atoms with E-state index in [0.29, 0.717) is 45.8 Å². The summed E-state index contributed by atoms with van der Waals surface area (Å²) in [5, 5.41) is 4.14. The number of halogens is 1. The maximum atomic E-state index is 13.6. The minimum atomic E-state index is -3.34. The van der Waals surface area contributed by atoms with Gasteiger partial charge in [-0.2, -0.15) is 5.12 Å². The summed E-state index contributed by atoms with van der Waals surface area (Å²) in [6.45, 7) is 3.60. The molecule has 2 saturated heterocycles. The molecule has 11 heteroatoms. The standard InChI is InChI=1S/C16H25ClN5O4P/c1-25-16-5-3-15(4-6-16)19-10-12-20(13-11-19)27(24)22(8-2-14-26-27)21(18-23)9-7-17/h3-6H,2,7-14H2,1H3. The van der Waals surface area contributed by atoms with Crippen molar-refractivity contribution >= 4 is 25.0 Å². The van der Waals surface area contributed by atoms with Crippen LogP contribution in [0.2, 0.25) is 0 Å². The molecule has 0 amide bonds. The number of anilines is 1. The molecule has 1 atom stereocenters. The number of benzene rings is 1. The molecule has 0 bridgehead atoms. The van der Waals surface area contributed by atoms with Gasteiger partial charge in [0.1, 0.15) is 5.75 Å². The van der Waals surface area contributed by atoms with Crippen LogP contribution in [-0.2, 0) is 9.09 Å². The lowest BCUT2D eigenvalue weighted by molar-refractivity contribution is 0.00788. The van der Waals surface area contributed by atoms with E-state index in [9.17, 15) is 9.47 Å². The number of alkyl halides is 1. The van der Waals surface area contributed by atoms with Crippen LogP contribution in [-0.4, -0.2) is 73.4 Å². The Balaban J connectivity index is 1.68. The van der Waals surface area contributed by atoms with Gasteiger partial charge in [-0.05, 0) is 30.7 Å². The lowest BCUT2D eigenvalue weighted by Gasteiger charge is -2.46. The molecule has 0 spiro atoms. The Morgan fingerprint density at radius 2 is 1.93 bits per heavy atom. The highest BCUT2D eigenvalue weighted by Crippen LogP contribution is 2.57. The molecule has 2 fully saturated rings. The fourth-order valence-corrected chi connectivity index (χ4v) is 5.90. The second-order valence-electron chi connectivity index (χ2n) is 6.28. The molecule has 2 aliphatic heterocycles. The van der Waals surface area contributed by atoms with Crippen LogP contribution in [0.15, 0.2) is 29.6 Å². The Kier molecular flexibility index (Phi) is 6.94.